The first-order valence-electron chi connectivity index (χ1n) is 6.26. The normalized spacial score (nSPS) is 18.5. The molecule has 1 N–H and O–H groups in total. The number of amides is 1. The van der Waals surface area contributed by atoms with Gasteiger partial charge >= 0.3 is 0 Å². The number of azide groups is 1. The van der Waals surface area contributed by atoms with Gasteiger partial charge in [-0.3, -0.25) is 4.79 Å². The van der Waals surface area contributed by atoms with Crippen molar-refractivity contribution in [3.63, 3.8) is 0 Å². The van der Waals surface area contributed by atoms with Crippen LogP contribution in [-0.2, 0) is 11.2 Å². The predicted octanol–water partition coefficient (Wildman–Crippen LogP) is 1.88. The third-order valence-electron chi connectivity index (χ3n) is 3.27. The maximum Gasteiger partial charge on any atom is 0.227 e. The highest BCUT2D eigenvalue weighted by atomic mass is 16.3. The van der Waals surface area contributed by atoms with E-state index in [0.29, 0.717) is 25.9 Å². The van der Waals surface area contributed by atoms with Gasteiger partial charge in [0.15, 0.2) is 0 Å². The van der Waals surface area contributed by atoms with Crippen LogP contribution in [0.2, 0.25) is 0 Å². The number of hydrogen-bond donors (Lipinski definition) is 1. The first kappa shape index (κ1) is 13.4. The van der Waals surface area contributed by atoms with E-state index >= 15 is 0 Å². The standard InChI is InChI=1S/C13H16N4O2/c14-16-15-8-10-7-13(19)17(9-10)12-4-2-1-3-11(12)5-6-18/h1-4,10,18H,5-9H2. The predicted molar refractivity (Wildman–Crippen MR) is 71.7 cm³/mol. The minimum atomic E-state index is 0.0449. The molecular weight excluding hydrogens is 244 g/mol. The Bertz CT molecular complexity index is 511. The molecule has 6 heteroatoms. The lowest BCUT2D eigenvalue weighted by molar-refractivity contribution is -0.117. The quantitative estimate of drug-likeness (QED) is 0.497. The molecule has 19 heavy (non-hydrogen) atoms. The van der Waals surface area contributed by atoms with E-state index in [1.54, 1.807) is 4.90 Å². The lowest BCUT2D eigenvalue weighted by Gasteiger charge is -2.20. The van der Waals surface area contributed by atoms with Crippen molar-refractivity contribution in [2.75, 3.05) is 24.6 Å². The number of rotatable bonds is 5. The summed E-state index contributed by atoms with van der Waals surface area (Å²) in [5.74, 6) is 0.120. The zero-order valence-corrected chi connectivity index (χ0v) is 10.6. The molecule has 0 bridgehead atoms. The monoisotopic (exact) mass is 260 g/mol. The summed E-state index contributed by atoms with van der Waals surface area (Å²) in [6, 6.07) is 7.58. The van der Waals surface area contributed by atoms with Crippen LogP contribution in [0.3, 0.4) is 0 Å². The minimum absolute atomic E-state index is 0.0449. The molecule has 1 fully saturated rings. The molecule has 0 radical (unpaired) electrons. The van der Waals surface area contributed by atoms with Crippen molar-refractivity contribution >= 4 is 11.6 Å². The van der Waals surface area contributed by atoms with Crippen LogP contribution in [0.4, 0.5) is 5.69 Å². The van der Waals surface area contributed by atoms with Crippen LogP contribution in [0.5, 0.6) is 0 Å². The number of benzene rings is 1. The maximum absolute atomic E-state index is 12.0. The lowest BCUT2D eigenvalue weighted by Crippen LogP contribution is -2.26. The molecule has 1 aliphatic heterocycles. The van der Waals surface area contributed by atoms with Gasteiger partial charge in [0.1, 0.15) is 0 Å². The van der Waals surface area contributed by atoms with E-state index in [-0.39, 0.29) is 18.4 Å². The van der Waals surface area contributed by atoms with Crippen LogP contribution in [0.1, 0.15) is 12.0 Å². The zero-order chi connectivity index (χ0) is 13.7. The van der Waals surface area contributed by atoms with Crippen LogP contribution in [0.15, 0.2) is 29.4 Å². The Balaban J connectivity index is 2.18. The SMILES string of the molecule is [N-]=[N+]=NCC1CC(=O)N(c2ccccc2CCO)C1. The number of carbonyl (C=O) groups excluding carboxylic acids is 1. The van der Waals surface area contributed by atoms with Crippen LogP contribution in [0.25, 0.3) is 10.4 Å². The number of para-hydroxylation sites is 1. The second-order valence-electron chi connectivity index (χ2n) is 4.59. The number of aliphatic hydroxyl groups excluding tert-OH is 1. The van der Waals surface area contributed by atoms with Crippen molar-refractivity contribution in [3.05, 3.63) is 40.3 Å². The van der Waals surface area contributed by atoms with Crippen molar-refractivity contribution in [2.45, 2.75) is 12.8 Å². The number of aliphatic hydroxyl groups is 1. The summed E-state index contributed by atoms with van der Waals surface area (Å²) in [5.41, 5.74) is 10.1. The molecule has 6 nitrogen and oxygen atoms in total. The van der Waals surface area contributed by atoms with Crippen molar-refractivity contribution in [3.8, 4) is 0 Å². The fourth-order valence-electron chi connectivity index (χ4n) is 2.39. The molecule has 1 atom stereocenters. The summed E-state index contributed by atoms with van der Waals surface area (Å²) in [7, 11) is 0. The van der Waals surface area contributed by atoms with Gasteiger partial charge in [0, 0.05) is 36.7 Å². The van der Waals surface area contributed by atoms with Gasteiger partial charge in [0.05, 0.1) is 0 Å². The molecule has 1 aromatic rings. The van der Waals surface area contributed by atoms with E-state index < -0.39 is 0 Å². The number of anilines is 1. The zero-order valence-electron chi connectivity index (χ0n) is 10.6. The Labute approximate surface area is 111 Å². The average Bonchev–Trinajstić information content (AvgIpc) is 2.78. The largest absolute Gasteiger partial charge is 0.396 e. The second kappa shape index (κ2) is 6.22. The molecule has 100 valence electrons. The van der Waals surface area contributed by atoms with E-state index in [1.807, 2.05) is 24.3 Å². The van der Waals surface area contributed by atoms with E-state index in [4.69, 9.17) is 10.6 Å². The van der Waals surface area contributed by atoms with Gasteiger partial charge in [0.25, 0.3) is 0 Å². The molecule has 0 spiro atoms. The molecule has 1 heterocycles. The van der Waals surface area contributed by atoms with Crippen LogP contribution < -0.4 is 4.90 Å². The number of hydrogen-bond acceptors (Lipinski definition) is 3. The lowest BCUT2D eigenvalue weighted by atomic mass is 10.1. The van der Waals surface area contributed by atoms with E-state index in [1.165, 1.54) is 0 Å². The van der Waals surface area contributed by atoms with Gasteiger partial charge in [-0.15, -0.1) is 0 Å². The minimum Gasteiger partial charge on any atom is -0.396 e. The first-order valence-corrected chi connectivity index (χ1v) is 6.26. The highest BCUT2D eigenvalue weighted by molar-refractivity contribution is 5.96. The Morgan fingerprint density at radius 3 is 3.00 bits per heavy atom. The van der Waals surface area contributed by atoms with Crippen molar-refractivity contribution in [2.24, 2.45) is 11.0 Å². The average molecular weight is 260 g/mol. The van der Waals surface area contributed by atoms with Crippen molar-refractivity contribution in [1.29, 1.82) is 0 Å². The Hall–Kier alpha value is -2.04. The fraction of sp³-hybridized carbons (Fsp3) is 0.462. The molecule has 1 aliphatic rings. The van der Waals surface area contributed by atoms with E-state index in [0.717, 1.165) is 11.3 Å². The fourth-order valence-corrected chi connectivity index (χ4v) is 2.39. The molecule has 1 aromatic carbocycles. The Kier molecular flexibility index (Phi) is 4.39. The summed E-state index contributed by atoms with van der Waals surface area (Å²) in [5, 5.41) is 12.6. The number of nitrogens with zero attached hydrogens (tertiary/aromatic N) is 4. The molecule has 1 amide bonds. The highest BCUT2D eigenvalue weighted by Crippen LogP contribution is 2.28. The van der Waals surface area contributed by atoms with Gasteiger partial charge in [-0.1, -0.05) is 23.3 Å². The molecule has 0 aromatic heterocycles. The summed E-state index contributed by atoms with van der Waals surface area (Å²) in [6.45, 7) is 0.975. The van der Waals surface area contributed by atoms with Crippen LogP contribution in [-0.4, -0.2) is 30.7 Å². The topological polar surface area (TPSA) is 89.3 Å². The van der Waals surface area contributed by atoms with Gasteiger partial charge in [-0.05, 0) is 29.5 Å². The molecular formula is C13H16N4O2. The maximum atomic E-state index is 12.0. The Morgan fingerprint density at radius 2 is 2.26 bits per heavy atom. The third-order valence-corrected chi connectivity index (χ3v) is 3.27. The molecule has 1 saturated heterocycles. The van der Waals surface area contributed by atoms with Gasteiger partial charge in [-0.25, -0.2) is 0 Å². The highest BCUT2D eigenvalue weighted by Gasteiger charge is 2.30. The van der Waals surface area contributed by atoms with Gasteiger partial charge < -0.3 is 10.0 Å². The Morgan fingerprint density at radius 1 is 1.47 bits per heavy atom. The summed E-state index contributed by atoms with van der Waals surface area (Å²) in [6.07, 6.45) is 0.938. The van der Waals surface area contributed by atoms with Gasteiger partial charge in [0.2, 0.25) is 5.91 Å². The third kappa shape index (κ3) is 3.05. The summed E-state index contributed by atoms with van der Waals surface area (Å²) in [4.78, 5) is 16.5. The molecule has 0 saturated carbocycles. The summed E-state index contributed by atoms with van der Waals surface area (Å²) >= 11 is 0. The van der Waals surface area contributed by atoms with Crippen molar-refractivity contribution < 1.29 is 9.90 Å². The van der Waals surface area contributed by atoms with Crippen molar-refractivity contribution in [1.82, 2.24) is 0 Å². The smallest absolute Gasteiger partial charge is 0.227 e. The second-order valence-corrected chi connectivity index (χ2v) is 4.59. The van der Waals surface area contributed by atoms with Crippen LogP contribution >= 0.6 is 0 Å². The first-order chi connectivity index (χ1) is 9.26. The molecule has 1 unspecified atom stereocenters. The molecule has 2 rings (SSSR count). The molecule has 0 aliphatic carbocycles. The number of carbonyl (C=O) groups is 1. The van der Waals surface area contributed by atoms with E-state index in [9.17, 15) is 4.79 Å². The van der Waals surface area contributed by atoms with Crippen LogP contribution in [0, 0.1) is 5.92 Å². The van der Waals surface area contributed by atoms with E-state index in [2.05, 4.69) is 10.0 Å². The van der Waals surface area contributed by atoms with Gasteiger partial charge in [-0.2, -0.15) is 0 Å². The summed E-state index contributed by atoms with van der Waals surface area (Å²) < 4.78 is 0.